The third kappa shape index (κ3) is 7.17. The molecule has 0 atom stereocenters. The van der Waals surface area contributed by atoms with Crippen molar-refractivity contribution in [3.63, 3.8) is 0 Å². The highest BCUT2D eigenvalue weighted by Gasteiger charge is 2.11. The minimum absolute atomic E-state index is 0.212. The molecule has 0 saturated carbocycles. The lowest BCUT2D eigenvalue weighted by molar-refractivity contribution is -0.116. The SMILES string of the molecule is COc1cc(OC)c(OC)cc1C=CC(=O)NCCc1ccc(OC)c(OCc2ccccc2)c1. The number of methoxy groups -OCH3 is 4. The molecule has 3 aromatic carbocycles. The zero-order valence-electron chi connectivity index (χ0n) is 20.5. The van der Waals surface area contributed by atoms with E-state index in [-0.39, 0.29) is 5.91 Å². The van der Waals surface area contributed by atoms with E-state index in [1.807, 2.05) is 48.5 Å². The molecule has 3 aromatic rings. The first kappa shape index (κ1) is 25.5. The van der Waals surface area contributed by atoms with Gasteiger partial charge in [0.15, 0.2) is 23.0 Å². The first-order chi connectivity index (χ1) is 17.1. The van der Waals surface area contributed by atoms with Crippen LogP contribution in [0.1, 0.15) is 16.7 Å². The Kier molecular flexibility index (Phi) is 9.42. The fraction of sp³-hybridized carbons (Fsp3) is 0.250. The lowest BCUT2D eigenvalue weighted by atomic mass is 10.1. The summed E-state index contributed by atoms with van der Waals surface area (Å²) < 4.78 is 27.4. The van der Waals surface area contributed by atoms with Crippen LogP contribution < -0.4 is 29.0 Å². The quantitative estimate of drug-likeness (QED) is 0.382. The van der Waals surface area contributed by atoms with E-state index >= 15 is 0 Å². The molecule has 0 aromatic heterocycles. The minimum Gasteiger partial charge on any atom is -0.496 e. The van der Waals surface area contributed by atoms with E-state index in [0.717, 1.165) is 11.1 Å². The predicted molar refractivity (Wildman–Crippen MR) is 136 cm³/mol. The Balaban J connectivity index is 1.58. The first-order valence-electron chi connectivity index (χ1n) is 11.2. The molecule has 0 spiro atoms. The monoisotopic (exact) mass is 477 g/mol. The van der Waals surface area contributed by atoms with Gasteiger partial charge < -0.3 is 29.0 Å². The van der Waals surface area contributed by atoms with Crippen molar-refractivity contribution in [2.45, 2.75) is 13.0 Å². The van der Waals surface area contributed by atoms with Crippen molar-refractivity contribution in [3.05, 3.63) is 83.4 Å². The van der Waals surface area contributed by atoms with Gasteiger partial charge in [0.05, 0.1) is 28.4 Å². The molecule has 35 heavy (non-hydrogen) atoms. The van der Waals surface area contributed by atoms with Crippen molar-refractivity contribution < 1.29 is 28.5 Å². The zero-order valence-corrected chi connectivity index (χ0v) is 20.5. The average Bonchev–Trinajstić information content (AvgIpc) is 2.90. The zero-order chi connectivity index (χ0) is 25.0. The fourth-order valence-electron chi connectivity index (χ4n) is 3.46. The predicted octanol–water partition coefficient (Wildman–Crippen LogP) is 4.67. The number of hydrogen-bond donors (Lipinski definition) is 1. The lowest BCUT2D eigenvalue weighted by Gasteiger charge is -2.13. The molecule has 7 heteroatoms. The molecule has 0 aliphatic rings. The van der Waals surface area contributed by atoms with E-state index in [1.165, 1.54) is 6.08 Å². The van der Waals surface area contributed by atoms with Gasteiger partial charge in [-0.1, -0.05) is 36.4 Å². The van der Waals surface area contributed by atoms with Gasteiger partial charge in [0.1, 0.15) is 12.4 Å². The summed E-state index contributed by atoms with van der Waals surface area (Å²) in [6.07, 6.45) is 3.79. The van der Waals surface area contributed by atoms with E-state index in [1.54, 1.807) is 46.6 Å². The second kappa shape index (κ2) is 12.9. The Morgan fingerprint density at radius 2 is 1.43 bits per heavy atom. The number of hydrogen-bond acceptors (Lipinski definition) is 6. The molecule has 0 unspecified atom stereocenters. The van der Waals surface area contributed by atoms with Crippen molar-refractivity contribution in [1.82, 2.24) is 5.32 Å². The third-order valence-electron chi connectivity index (χ3n) is 5.33. The van der Waals surface area contributed by atoms with Gasteiger partial charge in [-0.15, -0.1) is 0 Å². The maximum atomic E-state index is 12.4. The highest BCUT2D eigenvalue weighted by atomic mass is 16.5. The lowest BCUT2D eigenvalue weighted by Crippen LogP contribution is -2.23. The molecular formula is C28H31NO6. The number of rotatable bonds is 12. The van der Waals surface area contributed by atoms with Crippen molar-refractivity contribution in [3.8, 4) is 28.7 Å². The number of carbonyl (C=O) groups excluding carboxylic acids is 1. The Hall–Kier alpha value is -4.13. The molecule has 1 amide bonds. The number of nitrogens with one attached hydrogen (secondary N) is 1. The van der Waals surface area contributed by atoms with Crippen LogP contribution in [0.2, 0.25) is 0 Å². The van der Waals surface area contributed by atoms with Crippen LogP contribution in [0.5, 0.6) is 28.7 Å². The molecular weight excluding hydrogens is 446 g/mol. The molecule has 1 N–H and O–H groups in total. The summed E-state index contributed by atoms with van der Waals surface area (Å²) >= 11 is 0. The van der Waals surface area contributed by atoms with Crippen LogP contribution in [-0.2, 0) is 17.8 Å². The van der Waals surface area contributed by atoms with Gasteiger partial charge in [0, 0.05) is 24.3 Å². The minimum atomic E-state index is -0.212. The highest BCUT2D eigenvalue weighted by molar-refractivity contribution is 5.92. The van der Waals surface area contributed by atoms with Crippen LogP contribution in [0.15, 0.2) is 66.7 Å². The van der Waals surface area contributed by atoms with Gasteiger partial charge in [-0.3, -0.25) is 4.79 Å². The molecule has 0 heterocycles. The summed E-state index contributed by atoms with van der Waals surface area (Å²) in [5, 5.41) is 2.90. The molecule has 0 aliphatic carbocycles. The summed E-state index contributed by atoms with van der Waals surface area (Å²) in [6.45, 7) is 0.915. The standard InChI is InChI=1S/C28H31NO6/c1-31-23-12-10-20(16-27(23)35-19-21-8-6-5-7-9-21)14-15-29-28(30)13-11-22-17-25(33-3)26(34-4)18-24(22)32-2/h5-13,16-18H,14-15,19H2,1-4H3,(H,29,30). The van der Waals surface area contributed by atoms with Crippen LogP contribution in [0, 0.1) is 0 Å². The Morgan fingerprint density at radius 1 is 0.743 bits per heavy atom. The molecule has 3 rings (SSSR count). The van der Waals surface area contributed by atoms with Gasteiger partial charge in [-0.05, 0) is 41.8 Å². The van der Waals surface area contributed by atoms with E-state index < -0.39 is 0 Å². The molecule has 0 saturated heterocycles. The average molecular weight is 478 g/mol. The molecule has 0 radical (unpaired) electrons. The topological polar surface area (TPSA) is 75.3 Å². The summed E-state index contributed by atoms with van der Waals surface area (Å²) in [4.78, 5) is 12.4. The smallest absolute Gasteiger partial charge is 0.244 e. The summed E-state index contributed by atoms with van der Waals surface area (Å²) in [7, 11) is 6.29. The van der Waals surface area contributed by atoms with Gasteiger partial charge in [-0.25, -0.2) is 0 Å². The van der Waals surface area contributed by atoms with Crippen molar-refractivity contribution in [1.29, 1.82) is 0 Å². The summed E-state index contributed by atoms with van der Waals surface area (Å²) in [5.41, 5.74) is 2.81. The Bertz CT molecular complexity index is 1140. The van der Waals surface area contributed by atoms with E-state index in [9.17, 15) is 4.79 Å². The van der Waals surface area contributed by atoms with Gasteiger partial charge in [0.2, 0.25) is 5.91 Å². The summed E-state index contributed by atoms with van der Waals surface area (Å²) in [5.74, 6) is 2.81. The Morgan fingerprint density at radius 3 is 2.11 bits per heavy atom. The van der Waals surface area contributed by atoms with Crippen molar-refractivity contribution >= 4 is 12.0 Å². The van der Waals surface area contributed by atoms with E-state index in [2.05, 4.69) is 5.32 Å². The van der Waals surface area contributed by atoms with Crippen molar-refractivity contribution in [2.75, 3.05) is 35.0 Å². The molecule has 0 bridgehead atoms. The van der Waals surface area contributed by atoms with Gasteiger partial charge >= 0.3 is 0 Å². The van der Waals surface area contributed by atoms with Crippen LogP contribution in [0.3, 0.4) is 0 Å². The largest absolute Gasteiger partial charge is 0.496 e. The molecule has 7 nitrogen and oxygen atoms in total. The van der Waals surface area contributed by atoms with Gasteiger partial charge in [-0.2, -0.15) is 0 Å². The van der Waals surface area contributed by atoms with E-state index in [0.29, 0.717) is 53.9 Å². The van der Waals surface area contributed by atoms with Crippen LogP contribution in [-0.4, -0.2) is 40.9 Å². The molecule has 184 valence electrons. The fourth-order valence-corrected chi connectivity index (χ4v) is 3.46. The second-order valence-corrected chi connectivity index (χ2v) is 7.58. The Labute approximate surface area is 206 Å². The van der Waals surface area contributed by atoms with Crippen LogP contribution in [0.4, 0.5) is 0 Å². The van der Waals surface area contributed by atoms with Gasteiger partial charge in [0.25, 0.3) is 0 Å². The van der Waals surface area contributed by atoms with E-state index in [4.69, 9.17) is 23.7 Å². The second-order valence-electron chi connectivity index (χ2n) is 7.58. The number of benzene rings is 3. The maximum Gasteiger partial charge on any atom is 0.244 e. The summed E-state index contributed by atoms with van der Waals surface area (Å²) in [6, 6.07) is 19.2. The normalized spacial score (nSPS) is 10.6. The van der Waals surface area contributed by atoms with Crippen LogP contribution in [0.25, 0.3) is 6.08 Å². The third-order valence-corrected chi connectivity index (χ3v) is 5.33. The van der Waals surface area contributed by atoms with Crippen molar-refractivity contribution in [2.24, 2.45) is 0 Å². The highest BCUT2D eigenvalue weighted by Crippen LogP contribution is 2.35. The molecule has 0 fully saturated rings. The molecule has 0 aliphatic heterocycles. The number of carbonyl (C=O) groups is 1. The number of amides is 1. The van der Waals surface area contributed by atoms with Crippen LogP contribution >= 0.6 is 0 Å². The first-order valence-corrected chi connectivity index (χ1v) is 11.2. The maximum absolute atomic E-state index is 12.4. The number of ether oxygens (including phenoxy) is 5.